The van der Waals surface area contributed by atoms with E-state index in [-0.39, 0.29) is 0 Å². The summed E-state index contributed by atoms with van der Waals surface area (Å²) in [5.74, 6) is 0.862. The van der Waals surface area contributed by atoms with Crippen LogP contribution in [-0.4, -0.2) is 23.1 Å². The van der Waals surface area contributed by atoms with Crippen LogP contribution in [0.5, 0.6) is 0 Å². The first kappa shape index (κ1) is 15.2. The van der Waals surface area contributed by atoms with Gasteiger partial charge in [0.2, 0.25) is 0 Å². The molecule has 0 spiro atoms. The summed E-state index contributed by atoms with van der Waals surface area (Å²) in [7, 11) is 0. The van der Waals surface area contributed by atoms with Gasteiger partial charge in [-0.3, -0.25) is 0 Å². The van der Waals surface area contributed by atoms with Crippen LogP contribution < -0.4 is 5.32 Å². The summed E-state index contributed by atoms with van der Waals surface area (Å²) < 4.78 is 5.65. The maximum absolute atomic E-state index is 5.94. The highest BCUT2D eigenvalue weighted by atomic mass is 35.5. The van der Waals surface area contributed by atoms with E-state index in [0.29, 0.717) is 19.8 Å². The minimum absolute atomic E-state index is 0.555. The Labute approximate surface area is 138 Å². The molecule has 0 saturated carbocycles. The molecule has 0 aliphatic rings. The standard InChI is InChI=1S/C16H16ClN3OS/c1-11-7-14-15(19-10-20-16(14)22-11)18-5-6-21-9-12-3-2-4-13(17)8-12/h2-4,7-8,10H,5-6,9H2,1H3,(H,18,19,20). The van der Waals surface area contributed by atoms with Gasteiger partial charge in [0, 0.05) is 16.4 Å². The summed E-state index contributed by atoms with van der Waals surface area (Å²) in [5.41, 5.74) is 1.07. The van der Waals surface area contributed by atoms with Gasteiger partial charge in [0.25, 0.3) is 0 Å². The molecule has 0 aliphatic heterocycles. The van der Waals surface area contributed by atoms with E-state index in [1.165, 1.54) is 4.88 Å². The number of hydrogen-bond donors (Lipinski definition) is 1. The molecule has 0 fully saturated rings. The van der Waals surface area contributed by atoms with E-state index >= 15 is 0 Å². The summed E-state index contributed by atoms with van der Waals surface area (Å²) in [5, 5.41) is 5.10. The number of nitrogens with one attached hydrogen (secondary N) is 1. The number of benzene rings is 1. The van der Waals surface area contributed by atoms with Crippen LogP contribution >= 0.6 is 22.9 Å². The zero-order valence-corrected chi connectivity index (χ0v) is 13.7. The Morgan fingerprint density at radius 3 is 3.05 bits per heavy atom. The zero-order valence-electron chi connectivity index (χ0n) is 12.2. The molecule has 0 unspecified atom stereocenters. The first-order chi connectivity index (χ1) is 10.7. The van der Waals surface area contributed by atoms with Crippen molar-refractivity contribution in [1.82, 2.24) is 9.97 Å². The summed E-state index contributed by atoms with van der Waals surface area (Å²) in [6.07, 6.45) is 1.59. The van der Waals surface area contributed by atoms with Gasteiger partial charge < -0.3 is 10.1 Å². The summed E-state index contributed by atoms with van der Waals surface area (Å²) in [4.78, 5) is 10.8. The normalized spacial score (nSPS) is 11.0. The van der Waals surface area contributed by atoms with Gasteiger partial charge >= 0.3 is 0 Å². The number of aromatic nitrogens is 2. The highest BCUT2D eigenvalue weighted by Crippen LogP contribution is 2.27. The van der Waals surface area contributed by atoms with Crippen molar-refractivity contribution >= 4 is 39.0 Å². The monoisotopic (exact) mass is 333 g/mol. The van der Waals surface area contributed by atoms with Crippen LogP contribution in [0.15, 0.2) is 36.7 Å². The Morgan fingerprint density at radius 2 is 2.18 bits per heavy atom. The van der Waals surface area contributed by atoms with Crippen molar-refractivity contribution < 1.29 is 4.74 Å². The maximum atomic E-state index is 5.94. The van der Waals surface area contributed by atoms with Crippen LogP contribution in [0.2, 0.25) is 5.02 Å². The lowest BCUT2D eigenvalue weighted by atomic mass is 10.2. The second kappa shape index (κ2) is 7.05. The number of halogens is 1. The van der Waals surface area contributed by atoms with Gasteiger partial charge in [-0.1, -0.05) is 23.7 Å². The van der Waals surface area contributed by atoms with Crippen molar-refractivity contribution in [3.63, 3.8) is 0 Å². The zero-order chi connectivity index (χ0) is 15.4. The number of anilines is 1. The quantitative estimate of drug-likeness (QED) is 0.684. The van der Waals surface area contributed by atoms with Crippen molar-refractivity contribution in [3.8, 4) is 0 Å². The molecule has 2 aromatic heterocycles. The summed E-state index contributed by atoms with van der Waals surface area (Å²) in [6, 6.07) is 9.80. The lowest BCUT2D eigenvalue weighted by molar-refractivity contribution is 0.130. The topological polar surface area (TPSA) is 47.0 Å². The first-order valence-electron chi connectivity index (χ1n) is 6.99. The molecule has 114 valence electrons. The van der Waals surface area contributed by atoms with Crippen molar-refractivity contribution in [2.45, 2.75) is 13.5 Å². The van der Waals surface area contributed by atoms with Crippen molar-refractivity contribution in [3.05, 3.63) is 52.1 Å². The molecule has 22 heavy (non-hydrogen) atoms. The fourth-order valence-corrected chi connectivity index (χ4v) is 3.24. The van der Waals surface area contributed by atoms with E-state index < -0.39 is 0 Å². The van der Waals surface area contributed by atoms with E-state index in [1.807, 2.05) is 24.3 Å². The van der Waals surface area contributed by atoms with Gasteiger partial charge in [-0.25, -0.2) is 9.97 Å². The fraction of sp³-hybridized carbons (Fsp3) is 0.250. The molecule has 4 nitrogen and oxygen atoms in total. The third-order valence-electron chi connectivity index (χ3n) is 3.15. The lowest BCUT2D eigenvalue weighted by Gasteiger charge is -2.07. The average molecular weight is 334 g/mol. The molecule has 3 rings (SSSR count). The molecular weight excluding hydrogens is 318 g/mol. The van der Waals surface area contributed by atoms with E-state index in [9.17, 15) is 0 Å². The largest absolute Gasteiger partial charge is 0.375 e. The molecular formula is C16H16ClN3OS. The van der Waals surface area contributed by atoms with Gasteiger partial charge in [-0.05, 0) is 30.7 Å². The van der Waals surface area contributed by atoms with Crippen LogP contribution in [0.3, 0.4) is 0 Å². The molecule has 2 heterocycles. The van der Waals surface area contributed by atoms with Gasteiger partial charge in [-0.15, -0.1) is 11.3 Å². The Bertz CT molecular complexity index is 775. The molecule has 0 atom stereocenters. The number of hydrogen-bond acceptors (Lipinski definition) is 5. The lowest BCUT2D eigenvalue weighted by Crippen LogP contribution is -2.10. The number of nitrogens with zero attached hydrogens (tertiary/aromatic N) is 2. The van der Waals surface area contributed by atoms with Crippen LogP contribution in [0.4, 0.5) is 5.82 Å². The fourth-order valence-electron chi connectivity index (χ4n) is 2.18. The van der Waals surface area contributed by atoms with Gasteiger partial charge in [0.05, 0.1) is 18.6 Å². The number of ether oxygens (including phenoxy) is 1. The van der Waals surface area contributed by atoms with Gasteiger partial charge in [-0.2, -0.15) is 0 Å². The molecule has 1 aromatic carbocycles. The van der Waals surface area contributed by atoms with Crippen molar-refractivity contribution in [1.29, 1.82) is 0 Å². The van der Waals surface area contributed by atoms with Crippen LogP contribution in [0.25, 0.3) is 10.2 Å². The number of thiophene rings is 1. The minimum atomic E-state index is 0.555. The van der Waals surface area contributed by atoms with Gasteiger partial charge in [0.1, 0.15) is 17.0 Å². The second-order valence-electron chi connectivity index (χ2n) is 4.91. The van der Waals surface area contributed by atoms with Crippen molar-refractivity contribution in [2.75, 3.05) is 18.5 Å². The predicted molar refractivity (Wildman–Crippen MR) is 91.7 cm³/mol. The predicted octanol–water partition coefficient (Wildman–Crippen LogP) is 4.28. The van der Waals surface area contributed by atoms with E-state index in [2.05, 4.69) is 28.3 Å². The SMILES string of the molecule is Cc1cc2c(NCCOCc3cccc(Cl)c3)ncnc2s1. The van der Waals surface area contributed by atoms with Gasteiger partial charge in [0.15, 0.2) is 0 Å². The number of aryl methyl sites for hydroxylation is 1. The number of rotatable bonds is 6. The van der Waals surface area contributed by atoms with Crippen LogP contribution in [-0.2, 0) is 11.3 Å². The van der Waals surface area contributed by atoms with Crippen LogP contribution in [0.1, 0.15) is 10.4 Å². The van der Waals surface area contributed by atoms with Crippen molar-refractivity contribution in [2.24, 2.45) is 0 Å². The third kappa shape index (κ3) is 3.74. The molecule has 0 aliphatic carbocycles. The Balaban J connectivity index is 1.50. The number of fused-ring (bicyclic) bond motifs is 1. The maximum Gasteiger partial charge on any atom is 0.138 e. The first-order valence-corrected chi connectivity index (χ1v) is 8.19. The summed E-state index contributed by atoms with van der Waals surface area (Å²) >= 11 is 7.62. The molecule has 1 N–H and O–H groups in total. The van der Waals surface area contributed by atoms with E-state index in [1.54, 1.807) is 17.7 Å². The third-order valence-corrected chi connectivity index (χ3v) is 4.34. The molecule has 0 radical (unpaired) electrons. The minimum Gasteiger partial charge on any atom is -0.375 e. The molecule has 3 aromatic rings. The molecule has 0 saturated heterocycles. The summed E-state index contributed by atoms with van der Waals surface area (Å²) in [6.45, 7) is 3.92. The van der Waals surface area contributed by atoms with Crippen LogP contribution in [0, 0.1) is 6.92 Å². The Kier molecular flexibility index (Phi) is 4.87. The van der Waals surface area contributed by atoms with E-state index in [0.717, 1.165) is 26.6 Å². The molecule has 6 heteroatoms. The highest BCUT2D eigenvalue weighted by Gasteiger charge is 2.06. The Hall–Kier alpha value is -1.69. The van der Waals surface area contributed by atoms with E-state index in [4.69, 9.17) is 16.3 Å². The smallest absolute Gasteiger partial charge is 0.138 e. The highest BCUT2D eigenvalue weighted by molar-refractivity contribution is 7.18. The average Bonchev–Trinajstić information content (AvgIpc) is 2.88. The molecule has 0 amide bonds. The molecule has 0 bridgehead atoms. The second-order valence-corrected chi connectivity index (χ2v) is 6.58. The Morgan fingerprint density at radius 1 is 1.27 bits per heavy atom.